The van der Waals surface area contributed by atoms with Crippen molar-refractivity contribution in [2.45, 2.75) is 46.1 Å². The first-order valence-corrected chi connectivity index (χ1v) is 8.34. The highest BCUT2D eigenvalue weighted by atomic mass is 16.6. The summed E-state index contributed by atoms with van der Waals surface area (Å²) in [5, 5.41) is 22.0. The summed E-state index contributed by atoms with van der Waals surface area (Å²) in [6, 6.07) is 2.96. The Morgan fingerprint density at radius 3 is 2.44 bits per heavy atom. The minimum Gasteiger partial charge on any atom is -0.458 e. The van der Waals surface area contributed by atoms with Crippen molar-refractivity contribution in [2.24, 2.45) is 17.8 Å². The lowest BCUT2D eigenvalue weighted by atomic mass is 9.75. The van der Waals surface area contributed by atoms with E-state index >= 15 is 0 Å². The normalized spacial score (nSPS) is 23.3. The number of nitro benzene ring substituents is 2. The molecule has 2 rings (SSSR count). The molecule has 0 unspecified atom stereocenters. The van der Waals surface area contributed by atoms with Crippen molar-refractivity contribution >= 4 is 17.3 Å². The Hall–Kier alpha value is -2.51. The number of nitro groups is 2. The van der Waals surface area contributed by atoms with E-state index in [0.717, 1.165) is 37.5 Å². The van der Waals surface area contributed by atoms with E-state index < -0.39 is 27.2 Å². The lowest BCUT2D eigenvalue weighted by molar-refractivity contribution is -0.394. The Bertz CT molecular complexity index is 688. The summed E-state index contributed by atoms with van der Waals surface area (Å²) < 4.78 is 5.60. The number of benzene rings is 1. The van der Waals surface area contributed by atoms with E-state index in [-0.39, 0.29) is 17.6 Å². The first-order chi connectivity index (χ1) is 11.7. The topological polar surface area (TPSA) is 113 Å². The molecule has 1 fully saturated rings. The molecule has 8 nitrogen and oxygen atoms in total. The van der Waals surface area contributed by atoms with Crippen molar-refractivity contribution in [1.82, 2.24) is 0 Å². The van der Waals surface area contributed by atoms with Gasteiger partial charge in [-0.05, 0) is 36.7 Å². The molecule has 0 radical (unpaired) electrons. The van der Waals surface area contributed by atoms with E-state index in [1.54, 1.807) is 0 Å². The standard InChI is InChI=1S/C17H22N2O6/c1-10(2)13-6-4-11(3)8-16(13)25-17(20)14-7-5-12(18(21)22)9-15(14)19(23)24/h5,7,9-11,13,16H,4,6,8H2,1-3H3/t11-,13+,16-/m1/s1. The second-order valence-corrected chi connectivity index (χ2v) is 6.99. The highest BCUT2D eigenvalue weighted by molar-refractivity contribution is 5.94. The summed E-state index contributed by atoms with van der Waals surface area (Å²) in [6.07, 6.45) is 2.43. The summed E-state index contributed by atoms with van der Waals surface area (Å²) >= 11 is 0. The Morgan fingerprint density at radius 1 is 1.20 bits per heavy atom. The van der Waals surface area contributed by atoms with Gasteiger partial charge in [0.25, 0.3) is 11.4 Å². The molecule has 0 heterocycles. The van der Waals surface area contributed by atoms with Gasteiger partial charge >= 0.3 is 5.97 Å². The van der Waals surface area contributed by atoms with Crippen molar-refractivity contribution in [2.75, 3.05) is 0 Å². The van der Waals surface area contributed by atoms with Gasteiger partial charge in [-0.3, -0.25) is 20.2 Å². The molecule has 136 valence electrons. The fourth-order valence-corrected chi connectivity index (χ4v) is 3.41. The molecule has 1 aliphatic rings. The number of hydrogen-bond donors (Lipinski definition) is 0. The number of rotatable bonds is 5. The van der Waals surface area contributed by atoms with Crippen LogP contribution in [0.25, 0.3) is 0 Å². The van der Waals surface area contributed by atoms with Crippen LogP contribution < -0.4 is 0 Å². The third kappa shape index (κ3) is 4.32. The summed E-state index contributed by atoms with van der Waals surface area (Å²) in [5.74, 6) is 0.153. The molecule has 8 heteroatoms. The first-order valence-electron chi connectivity index (χ1n) is 8.34. The molecule has 0 bridgehead atoms. The van der Waals surface area contributed by atoms with Crippen LogP contribution in [0.1, 0.15) is 50.4 Å². The highest BCUT2D eigenvalue weighted by Crippen LogP contribution is 2.36. The quantitative estimate of drug-likeness (QED) is 0.448. The molecular formula is C17H22N2O6. The predicted octanol–water partition coefficient (Wildman–Crippen LogP) is 4.12. The van der Waals surface area contributed by atoms with Crippen molar-refractivity contribution < 1.29 is 19.4 Å². The minimum atomic E-state index is -0.800. The van der Waals surface area contributed by atoms with Crippen LogP contribution in [-0.2, 0) is 4.74 Å². The molecule has 0 amide bonds. The second-order valence-electron chi connectivity index (χ2n) is 6.99. The van der Waals surface area contributed by atoms with E-state index in [0.29, 0.717) is 11.8 Å². The fraction of sp³-hybridized carbons (Fsp3) is 0.588. The Labute approximate surface area is 145 Å². The summed E-state index contributed by atoms with van der Waals surface area (Å²) in [4.78, 5) is 33.0. The summed E-state index contributed by atoms with van der Waals surface area (Å²) in [5.41, 5.74) is -1.30. The smallest absolute Gasteiger partial charge is 0.345 e. The van der Waals surface area contributed by atoms with Crippen LogP contribution in [0.5, 0.6) is 0 Å². The molecule has 3 atom stereocenters. The van der Waals surface area contributed by atoms with E-state index in [9.17, 15) is 25.0 Å². The van der Waals surface area contributed by atoms with Gasteiger partial charge in [0.2, 0.25) is 0 Å². The van der Waals surface area contributed by atoms with E-state index in [1.807, 2.05) is 0 Å². The van der Waals surface area contributed by atoms with Gasteiger partial charge in [0.15, 0.2) is 0 Å². The third-order valence-electron chi connectivity index (χ3n) is 4.83. The number of nitrogens with zero attached hydrogens (tertiary/aromatic N) is 2. The van der Waals surface area contributed by atoms with Crippen LogP contribution in [0.15, 0.2) is 18.2 Å². The number of hydrogen-bond acceptors (Lipinski definition) is 6. The number of carbonyl (C=O) groups excluding carboxylic acids is 1. The summed E-state index contributed by atoms with van der Waals surface area (Å²) in [6.45, 7) is 6.22. The van der Waals surface area contributed by atoms with Gasteiger partial charge in [-0.2, -0.15) is 0 Å². The molecule has 25 heavy (non-hydrogen) atoms. The highest BCUT2D eigenvalue weighted by Gasteiger charge is 2.35. The van der Waals surface area contributed by atoms with Crippen molar-refractivity contribution in [3.05, 3.63) is 44.0 Å². The maximum absolute atomic E-state index is 12.5. The molecule has 0 spiro atoms. The molecule has 1 aromatic rings. The maximum atomic E-state index is 12.5. The van der Waals surface area contributed by atoms with Gasteiger partial charge in [-0.1, -0.05) is 27.2 Å². The van der Waals surface area contributed by atoms with Gasteiger partial charge in [0.05, 0.1) is 15.9 Å². The van der Waals surface area contributed by atoms with Gasteiger partial charge in [0, 0.05) is 6.07 Å². The van der Waals surface area contributed by atoms with Crippen LogP contribution >= 0.6 is 0 Å². The molecule has 0 aliphatic heterocycles. The lowest BCUT2D eigenvalue weighted by Gasteiger charge is -2.36. The zero-order chi connectivity index (χ0) is 18.7. The Kier molecular flexibility index (Phi) is 5.71. The average molecular weight is 350 g/mol. The van der Waals surface area contributed by atoms with E-state index in [4.69, 9.17) is 4.74 Å². The zero-order valence-corrected chi connectivity index (χ0v) is 14.5. The molecule has 0 saturated heterocycles. The maximum Gasteiger partial charge on any atom is 0.345 e. The monoisotopic (exact) mass is 350 g/mol. The van der Waals surface area contributed by atoms with Crippen molar-refractivity contribution in [3.8, 4) is 0 Å². The molecule has 1 aromatic carbocycles. The summed E-state index contributed by atoms with van der Waals surface area (Å²) in [7, 11) is 0. The number of non-ortho nitro benzene ring substituents is 1. The molecule has 0 aromatic heterocycles. The minimum absolute atomic E-state index is 0.206. The van der Waals surface area contributed by atoms with Crippen LogP contribution in [-0.4, -0.2) is 21.9 Å². The predicted molar refractivity (Wildman–Crippen MR) is 90.3 cm³/mol. The van der Waals surface area contributed by atoms with Crippen LogP contribution in [0.3, 0.4) is 0 Å². The van der Waals surface area contributed by atoms with Crippen molar-refractivity contribution in [3.63, 3.8) is 0 Å². The molecule has 1 aliphatic carbocycles. The molecular weight excluding hydrogens is 328 g/mol. The van der Waals surface area contributed by atoms with E-state index in [1.165, 1.54) is 0 Å². The lowest BCUT2D eigenvalue weighted by Crippen LogP contribution is -2.36. The zero-order valence-electron chi connectivity index (χ0n) is 14.5. The van der Waals surface area contributed by atoms with Crippen LogP contribution in [0.4, 0.5) is 11.4 Å². The van der Waals surface area contributed by atoms with Gasteiger partial charge in [-0.25, -0.2) is 4.79 Å². The van der Waals surface area contributed by atoms with Gasteiger partial charge < -0.3 is 4.74 Å². The third-order valence-corrected chi connectivity index (χ3v) is 4.83. The number of carbonyl (C=O) groups is 1. The molecule has 1 saturated carbocycles. The van der Waals surface area contributed by atoms with Crippen molar-refractivity contribution in [1.29, 1.82) is 0 Å². The largest absolute Gasteiger partial charge is 0.458 e. The second kappa shape index (κ2) is 7.58. The van der Waals surface area contributed by atoms with Crippen LogP contribution in [0.2, 0.25) is 0 Å². The Balaban J connectivity index is 2.27. The molecule has 0 N–H and O–H groups in total. The number of esters is 1. The SMILES string of the molecule is CC(C)[C@@H]1CC[C@@H](C)C[C@H]1OC(=O)c1ccc([N+](=O)[O-])cc1[N+](=O)[O-]. The average Bonchev–Trinajstić information content (AvgIpc) is 2.53. The Morgan fingerprint density at radius 2 is 1.88 bits per heavy atom. The fourth-order valence-electron chi connectivity index (χ4n) is 3.41. The van der Waals surface area contributed by atoms with E-state index in [2.05, 4.69) is 20.8 Å². The van der Waals surface area contributed by atoms with Gasteiger partial charge in [-0.15, -0.1) is 0 Å². The van der Waals surface area contributed by atoms with Crippen LogP contribution in [0, 0.1) is 38.0 Å². The van der Waals surface area contributed by atoms with Gasteiger partial charge in [0.1, 0.15) is 11.7 Å². The first kappa shape index (κ1) is 18.8. The number of ether oxygens (including phenoxy) is 1.